The van der Waals surface area contributed by atoms with E-state index in [9.17, 15) is 4.79 Å². The van der Waals surface area contributed by atoms with Gasteiger partial charge in [-0.1, -0.05) is 19.8 Å². The van der Waals surface area contributed by atoms with Gasteiger partial charge in [-0.3, -0.25) is 9.69 Å². The fourth-order valence-electron chi connectivity index (χ4n) is 3.36. The number of hydrogen-bond acceptors (Lipinski definition) is 5. The minimum absolute atomic E-state index is 0.0416. The van der Waals surface area contributed by atoms with E-state index in [1.165, 1.54) is 0 Å². The van der Waals surface area contributed by atoms with Crippen molar-refractivity contribution in [2.75, 3.05) is 34.0 Å². The number of benzene rings is 1. The zero-order chi connectivity index (χ0) is 17.1. The molecule has 1 aromatic rings. The Labute approximate surface area is 143 Å². The summed E-state index contributed by atoms with van der Waals surface area (Å²) in [5.41, 5.74) is 1.08. The zero-order valence-corrected chi connectivity index (χ0v) is 14.7. The van der Waals surface area contributed by atoms with Crippen molar-refractivity contribution in [2.24, 2.45) is 0 Å². The fraction of sp³-hybridized carbons (Fsp3) is 0.611. The Hall–Kier alpha value is -1.95. The van der Waals surface area contributed by atoms with Gasteiger partial charge in [-0.15, -0.1) is 0 Å². The van der Waals surface area contributed by atoms with Crippen molar-refractivity contribution in [1.29, 1.82) is 0 Å². The molecule has 1 amide bonds. The van der Waals surface area contributed by atoms with Crippen molar-refractivity contribution in [3.8, 4) is 17.2 Å². The average Bonchev–Trinajstić information content (AvgIpc) is 3.05. The first-order valence-corrected chi connectivity index (χ1v) is 8.59. The van der Waals surface area contributed by atoms with E-state index in [4.69, 9.17) is 14.2 Å². The number of carbonyl (C=O) groups is 1. The molecule has 1 atom stereocenters. The predicted octanol–water partition coefficient (Wildman–Crippen LogP) is 2.26. The topological polar surface area (TPSA) is 51.2 Å². The molecule has 0 aliphatic carbocycles. The van der Waals surface area contributed by atoms with Gasteiger partial charge >= 0.3 is 0 Å². The van der Waals surface area contributed by atoms with Crippen LogP contribution in [0.2, 0.25) is 0 Å². The lowest BCUT2D eigenvalue weighted by atomic mass is 10.0. The molecule has 0 bridgehead atoms. The van der Waals surface area contributed by atoms with Crippen LogP contribution in [0.25, 0.3) is 0 Å². The number of hydrogen-bond donors (Lipinski definition) is 0. The molecule has 6 heteroatoms. The molecular formula is C18H26N2O4. The van der Waals surface area contributed by atoms with Crippen molar-refractivity contribution in [3.05, 3.63) is 17.7 Å². The van der Waals surface area contributed by atoms with Gasteiger partial charge in [0.2, 0.25) is 18.4 Å². The molecule has 0 spiro atoms. The van der Waals surface area contributed by atoms with Crippen LogP contribution in [0.5, 0.6) is 17.2 Å². The maximum Gasteiger partial charge on any atom is 0.239 e. The number of ether oxygens (including phenoxy) is 3. The van der Waals surface area contributed by atoms with Crippen LogP contribution in [-0.4, -0.2) is 55.8 Å². The first-order valence-electron chi connectivity index (χ1n) is 8.59. The highest BCUT2D eigenvalue weighted by atomic mass is 16.7. The Morgan fingerprint density at radius 3 is 2.88 bits per heavy atom. The number of piperazine rings is 1. The summed E-state index contributed by atoms with van der Waals surface area (Å²) in [7, 11) is 3.52. The molecule has 132 valence electrons. The molecule has 2 aliphatic rings. The third-order valence-corrected chi connectivity index (χ3v) is 4.76. The van der Waals surface area contributed by atoms with Crippen molar-refractivity contribution in [1.82, 2.24) is 9.80 Å². The maximum atomic E-state index is 12.6. The fourth-order valence-corrected chi connectivity index (χ4v) is 3.36. The van der Waals surface area contributed by atoms with Crippen LogP contribution < -0.4 is 14.2 Å². The van der Waals surface area contributed by atoms with Crippen LogP contribution in [0.1, 0.15) is 31.7 Å². The van der Waals surface area contributed by atoms with Crippen molar-refractivity contribution >= 4 is 5.91 Å². The van der Waals surface area contributed by atoms with Gasteiger partial charge in [-0.25, -0.2) is 0 Å². The molecule has 0 radical (unpaired) electrons. The normalized spacial score (nSPS) is 20.5. The lowest BCUT2D eigenvalue weighted by Crippen LogP contribution is -2.55. The average molecular weight is 334 g/mol. The monoisotopic (exact) mass is 334 g/mol. The standard InChI is InChI=1S/C18H26N2O4/c1-4-5-6-14-18(21)19(2)7-8-20(14)11-13-9-15(22-3)17-16(10-13)23-12-24-17/h9-10,14H,4-8,11-12H2,1-3H3. The summed E-state index contributed by atoms with van der Waals surface area (Å²) in [5.74, 6) is 2.29. The molecular weight excluding hydrogens is 308 g/mol. The Kier molecular flexibility index (Phi) is 5.14. The van der Waals surface area contributed by atoms with Gasteiger partial charge in [-0.2, -0.15) is 0 Å². The highest BCUT2D eigenvalue weighted by Crippen LogP contribution is 2.42. The van der Waals surface area contributed by atoms with Crippen molar-refractivity contribution in [2.45, 2.75) is 38.8 Å². The molecule has 0 N–H and O–H groups in total. The van der Waals surface area contributed by atoms with Gasteiger partial charge in [0.1, 0.15) is 0 Å². The van der Waals surface area contributed by atoms with E-state index in [0.717, 1.165) is 43.7 Å². The van der Waals surface area contributed by atoms with Gasteiger partial charge in [0.15, 0.2) is 11.5 Å². The molecule has 2 heterocycles. The second-order valence-electron chi connectivity index (χ2n) is 6.42. The third kappa shape index (κ3) is 3.29. The first-order chi connectivity index (χ1) is 11.6. The molecule has 1 unspecified atom stereocenters. The summed E-state index contributed by atoms with van der Waals surface area (Å²) in [6.07, 6.45) is 3.06. The highest BCUT2D eigenvalue weighted by Gasteiger charge is 2.32. The van der Waals surface area contributed by atoms with Crippen LogP contribution in [-0.2, 0) is 11.3 Å². The summed E-state index contributed by atoms with van der Waals surface area (Å²) in [6, 6.07) is 3.93. The minimum atomic E-state index is -0.0416. The van der Waals surface area contributed by atoms with Gasteiger partial charge < -0.3 is 19.1 Å². The van der Waals surface area contributed by atoms with Gasteiger partial charge in [0.25, 0.3) is 0 Å². The number of unbranched alkanes of at least 4 members (excludes halogenated alkanes) is 1. The number of likely N-dealkylation sites (N-methyl/N-ethyl adjacent to an activating group) is 1. The molecule has 0 aromatic heterocycles. The quantitative estimate of drug-likeness (QED) is 0.799. The lowest BCUT2D eigenvalue weighted by molar-refractivity contribution is -0.140. The van der Waals surface area contributed by atoms with Crippen molar-refractivity contribution < 1.29 is 19.0 Å². The van der Waals surface area contributed by atoms with Crippen LogP contribution in [0.15, 0.2) is 12.1 Å². The first kappa shape index (κ1) is 16.9. The van der Waals surface area contributed by atoms with E-state index in [0.29, 0.717) is 18.0 Å². The number of methoxy groups -OCH3 is 1. The third-order valence-electron chi connectivity index (χ3n) is 4.76. The number of fused-ring (bicyclic) bond motifs is 1. The molecule has 6 nitrogen and oxygen atoms in total. The number of amides is 1. The largest absolute Gasteiger partial charge is 0.493 e. The lowest BCUT2D eigenvalue weighted by Gasteiger charge is -2.39. The van der Waals surface area contributed by atoms with Crippen LogP contribution in [0.3, 0.4) is 0 Å². The van der Waals surface area contributed by atoms with E-state index in [1.54, 1.807) is 7.11 Å². The second kappa shape index (κ2) is 7.30. The summed E-state index contributed by atoms with van der Waals surface area (Å²) in [5, 5.41) is 0. The summed E-state index contributed by atoms with van der Waals surface area (Å²) in [4.78, 5) is 16.7. The van der Waals surface area contributed by atoms with Crippen LogP contribution >= 0.6 is 0 Å². The summed E-state index contributed by atoms with van der Waals surface area (Å²) < 4.78 is 16.4. The Bertz CT molecular complexity index is 605. The van der Waals surface area contributed by atoms with Gasteiger partial charge in [-0.05, 0) is 24.1 Å². The minimum Gasteiger partial charge on any atom is -0.493 e. The van der Waals surface area contributed by atoms with Gasteiger partial charge in [0.05, 0.1) is 13.2 Å². The number of rotatable bonds is 6. The van der Waals surface area contributed by atoms with Crippen molar-refractivity contribution in [3.63, 3.8) is 0 Å². The van der Waals surface area contributed by atoms with Gasteiger partial charge in [0, 0.05) is 26.7 Å². The maximum absolute atomic E-state index is 12.6. The molecule has 2 aliphatic heterocycles. The molecule has 3 rings (SSSR count). The molecule has 0 saturated carbocycles. The predicted molar refractivity (Wildman–Crippen MR) is 90.5 cm³/mol. The number of carbonyl (C=O) groups excluding carboxylic acids is 1. The van der Waals surface area contributed by atoms with E-state index in [2.05, 4.69) is 11.8 Å². The molecule has 1 aromatic carbocycles. The van der Waals surface area contributed by atoms with Crippen LogP contribution in [0.4, 0.5) is 0 Å². The molecule has 1 fully saturated rings. The van der Waals surface area contributed by atoms with E-state index in [1.807, 2.05) is 24.1 Å². The van der Waals surface area contributed by atoms with E-state index < -0.39 is 0 Å². The Balaban J connectivity index is 1.79. The van der Waals surface area contributed by atoms with E-state index in [-0.39, 0.29) is 18.7 Å². The highest BCUT2D eigenvalue weighted by molar-refractivity contribution is 5.82. The Morgan fingerprint density at radius 2 is 2.12 bits per heavy atom. The number of nitrogens with zero attached hydrogens (tertiary/aromatic N) is 2. The smallest absolute Gasteiger partial charge is 0.239 e. The van der Waals surface area contributed by atoms with E-state index >= 15 is 0 Å². The summed E-state index contributed by atoms with van der Waals surface area (Å²) in [6.45, 7) is 4.74. The zero-order valence-electron chi connectivity index (χ0n) is 14.7. The SMILES string of the molecule is CCCCC1C(=O)N(C)CCN1Cc1cc(OC)c2c(c1)OCO2. The molecule has 1 saturated heterocycles. The summed E-state index contributed by atoms with van der Waals surface area (Å²) >= 11 is 0. The Morgan fingerprint density at radius 1 is 1.29 bits per heavy atom. The second-order valence-corrected chi connectivity index (χ2v) is 6.42. The molecule has 24 heavy (non-hydrogen) atoms. The van der Waals surface area contributed by atoms with Crippen LogP contribution in [0, 0.1) is 0 Å².